The lowest BCUT2D eigenvalue weighted by Gasteiger charge is -2.62. The first-order valence-electron chi connectivity index (χ1n) is 14.3. The highest BCUT2D eigenvalue weighted by Crippen LogP contribution is 2.72. The van der Waals surface area contributed by atoms with Crippen LogP contribution in [0.15, 0.2) is 23.8 Å². The van der Waals surface area contributed by atoms with Crippen molar-refractivity contribution in [3.63, 3.8) is 0 Å². The highest BCUT2D eigenvalue weighted by Gasteiger charge is 2.79. The van der Waals surface area contributed by atoms with Gasteiger partial charge in [-0.15, -0.1) is 0 Å². The predicted octanol–water partition coefficient (Wildman–Crippen LogP) is 4.16. The number of alkyl halides is 1. The number of Topliss-reactive ketones (excluding diaryl/α,β-unsaturated/α-hetero) is 1. The van der Waals surface area contributed by atoms with Crippen LogP contribution in [0.3, 0.4) is 0 Å². The number of likely N-dealkylation sites (N-methyl/N-ethyl adjacent to an activating group) is 1. The summed E-state index contributed by atoms with van der Waals surface area (Å²) in [6.45, 7) is 4.10. The maximum Gasteiger partial charge on any atom is 0.181 e. The quantitative estimate of drug-likeness (QED) is 0.606. The van der Waals surface area contributed by atoms with Gasteiger partial charge in [-0.05, 0) is 77.6 Å². The molecule has 0 aromatic heterocycles. The van der Waals surface area contributed by atoms with Crippen LogP contribution in [0.5, 0.6) is 0 Å². The van der Waals surface area contributed by atoms with Gasteiger partial charge < -0.3 is 19.5 Å². The molecule has 0 radical (unpaired) electrons. The molecule has 0 amide bonds. The minimum absolute atomic E-state index is 0.0184. The molecule has 5 aliphatic carbocycles. The molecule has 1 unspecified atom stereocenters. The molecule has 6 nitrogen and oxygen atoms in total. The number of aliphatic hydroxyl groups excluding tert-OH is 1. The van der Waals surface area contributed by atoms with Crippen molar-refractivity contribution in [3.8, 4) is 0 Å². The Labute approximate surface area is 219 Å². The summed E-state index contributed by atoms with van der Waals surface area (Å²) in [6.07, 6.45) is 9.95. The van der Waals surface area contributed by atoms with Gasteiger partial charge in [-0.1, -0.05) is 37.8 Å². The molecular weight excluding hydrogens is 473 g/mol. The second-order valence-electron chi connectivity index (χ2n) is 13.4. The Balaban J connectivity index is 1.41. The van der Waals surface area contributed by atoms with Gasteiger partial charge in [0.15, 0.2) is 29.1 Å². The molecule has 0 aromatic rings. The topological polar surface area (TPSA) is 76.1 Å². The zero-order valence-electron chi connectivity index (χ0n) is 22.7. The Kier molecular flexibility index (Phi) is 5.97. The highest BCUT2D eigenvalue weighted by atomic mass is 19.1. The first-order valence-corrected chi connectivity index (χ1v) is 14.3. The van der Waals surface area contributed by atoms with Gasteiger partial charge in [-0.2, -0.15) is 0 Å². The van der Waals surface area contributed by atoms with E-state index in [0.29, 0.717) is 19.3 Å². The zero-order chi connectivity index (χ0) is 26.4. The number of allylic oxidation sites excluding steroid dienone is 4. The van der Waals surface area contributed by atoms with E-state index in [9.17, 15) is 14.7 Å². The summed E-state index contributed by atoms with van der Waals surface area (Å²) in [4.78, 5) is 28.1. The minimum atomic E-state index is -1.92. The summed E-state index contributed by atoms with van der Waals surface area (Å²) in [7, 11) is 3.75. The number of rotatable bonds is 4. The minimum Gasteiger partial charge on any atom is -0.390 e. The molecule has 9 atom stereocenters. The number of carbonyl (C=O) groups is 2. The lowest BCUT2D eigenvalue weighted by molar-refractivity contribution is -0.235. The second-order valence-corrected chi connectivity index (χ2v) is 13.4. The lowest BCUT2D eigenvalue weighted by Crippen LogP contribution is -2.70. The van der Waals surface area contributed by atoms with Crippen molar-refractivity contribution < 1.29 is 28.6 Å². The fraction of sp³-hybridized carbons (Fsp3) is 0.800. The van der Waals surface area contributed by atoms with E-state index in [-0.39, 0.29) is 36.4 Å². The van der Waals surface area contributed by atoms with Gasteiger partial charge in [0.05, 0.1) is 18.8 Å². The maximum absolute atomic E-state index is 17.5. The van der Waals surface area contributed by atoms with Gasteiger partial charge >= 0.3 is 0 Å². The van der Waals surface area contributed by atoms with Crippen LogP contribution in [0.25, 0.3) is 0 Å². The van der Waals surface area contributed by atoms with E-state index in [1.807, 2.05) is 25.9 Å². The number of carbonyl (C=O) groups excluding carboxylic acids is 2. The molecule has 1 N–H and O–H groups in total. The van der Waals surface area contributed by atoms with Crippen LogP contribution in [0.1, 0.15) is 71.6 Å². The number of nitrogens with zero attached hydrogens (tertiary/aromatic N) is 1. The zero-order valence-corrected chi connectivity index (χ0v) is 22.7. The SMILES string of the molecule is CN(C)CC(=O)[C@@]12OC(C3CCCCC3)O[C@H]1C[C@H]1[C@@H]3CCC4=CC(=O)C=C[C@]4(C)[C@@]3(F)[C@@H](O)C[C@@]12C. The van der Waals surface area contributed by atoms with Crippen LogP contribution < -0.4 is 0 Å². The highest BCUT2D eigenvalue weighted by molar-refractivity contribution is 6.01. The van der Waals surface area contributed by atoms with Gasteiger partial charge in [0.1, 0.15) is 0 Å². The number of hydrogen-bond acceptors (Lipinski definition) is 6. The van der Waals surface area contributed by atoms with Gasteiger partial charge in [-0.3, -0.25) is 9.59 Å². The smallest absolute Gasteiger partial charge is 0.181 e. The summed E-state index contributed by atoms with van der Waals surface area (Å²) < 4.78 is 31.0. The molecule has 6 aliphatic rings. The molecular formula is C30H42FNO5. The molecule has 5 fully saturated rings. The fourth-order valence-corrected chi connectivity index (χ4v) is 9.50. The summed E-state index contributed by atoms with van der Waals surface area (Å²) in [5.74, 6) is -0.505. The van der Waals surface area contributed by atoms with Crippen LogP contribution in [-0.4, -0.2) is 72.0 Å². The number of aliphatic hydroxyl groups is 1. The molecule has 4 saturated carbocycles. The molecule has 7 heteroatoms. The Morgan fingerprint density at radius 2 is 1.89 bits per heavy atom. The van der Waals surface area contributed by atoms with Crippen LogP contribution in [0, 0.1) is 28.6 Å². The van der Waals surface area contributed by atoms with Crippen molar-refractivity contribution in [1.29, 1.82) is 0 Å². The van der Waals surface area contributed by atoms with Crippen molar-refractivity contribution in [3.05, 3.63) is 23.8 Å². The molecule has 37 heavy (non-hydrogen) atoms. The lowest BCUT2D eigenvalue weighted by atomic mass is 9.44. The number of ketones is 2. The summed E-state index contributed by atoms with van der Waals surface area (Å²) in [5, 5.41) is 11.7. The monoisotopic (exact) mass is 515 g/mol. The molecule has 0 aromatic carbocycles. The Morgan fingerprint density at radius 1 is 1.16 bits per heavy atom. The van der Waals surface area contributed by atoms with E-state index in [1.165, 1.54) is 12.5 Å². The number of ether oxygens (including phenoxy) is 2. The van der Waals surface area contributed by atoms with E-state index >= 15 is 4.39 Å². The van der Waals surface area contributed by atoms with E-state index in [4.69, 9.17) is 9.47 Å². The van der Waals surface area contributed by atoms with Crippen LogP contribution in [-0.2, 0) is 19.1 Å². The van der Waals surface area contributed by atoms with Crippen molar-refractivity contribution in [2.75, 3.05) is 20.6 Å². The Hall–Kier alpha value is -1.41. The molecule has 0 spiro atoms. The van der Waals surface area contributed by atoms with E-state index < -0.39 is 46.5 Å². The first-order chi connectivity index (χ1) is 17.5. The van der Waals surface area contributed by atoms with Crippen LogP contribution >= 0.6 is 0 Å². The molecule has 204 valence electrons. The van der Waals surface area contributed by atoms with Crippen LogP contribution in [0.2, 0.25) is 0 Å². The number of fused-ring (bicyclic) bond motifs is 7. The molecule has 6 rings (SSSR count). The standard InChI is InChI=1S/C30H42FNO5/c1-27-13-12-20(33)14-19(27)10-11-21-22-15-25-30(24(35)17-32(3)4,28(22,2)16-23(34)29(21,27)31)37-26(36-25)18-8-6-5-7-9-18/h12-14,18,21-23,25-26,34H,5-11,15-17H2,1-4H3/t21-,22-,23-,25-,26?,27-,28-,29-,30+/m0/s1. The number of hydrogen-bond donors (Lipinski definition) is 1. The average Bonchev–Trinajstić information content (AvgIpc) is 3.35. The van der Waals surface area contributed by atoms with Gasteiger partial charge in [0, 0.05) is 22.7 Å². The normalized spacial score (nSPS) is 49.3. The van der Waals surface area contributed by atoms with Crippen molar-refractivity contribution in [1.82, 2.24) is 4.90 Å². The molecule has 0 bridgehead atoms. The maximum atomic E-state index is 17.5. The van der Waals surface area contributed by atoms with Crippen molar-refractivity contribution in [2.45, 2.75) is 101 Å². The second kappa shape index (κ2) is 8.54. The van der Waals surface area contributed by atoms with Gasteiger partial charge in [-0.25, -0.2) is 4.39 Å². The summed E-state index contributed by atoms with van der Waals surface area (Å²) in [5.41, 5.74) is -4.15. The number of halogens is 1. The first kappa shape index (κ1) is 25.8. The third kappa shape index (κ3) is 3.30. The predicted molar refractivity (Wildman–Crippen MR) is 136 cm³/mol. The Morgan fingerprint density at radius 3 is 2.59 bits per heavy atom. The van der Waals surface area contributed by atoms with Crippen LogP contribution in [0.4, 0.5) is 4.39 Å². The molecule has 1 heterocycles. The third-order valence-corrected chi connectivity index (χ3v) is 11.3. The third-order valence-electron chi connectivity index (χ3n) is 11.3. The van der Waals surface area contributed by atoms with Crippen molar-refractivity contribution >= 4 is 11.6 Å². The fourth-order valence-electron chi connectivity index (χ4n) is 9.50. The van der Waals surface area contributed by atoms with E-state index in [2.05, 4.69) is 6.92 Å². The molecule has 1 saturated heterocycles. The molecule has 1 aliphatic heterocycles. The van der Waals surface area contributed by atoms with Gasteiger partial charge in [0.2, 0.25) is 0 Å². The van der Waals surface area contributed by atoms with E-state index in [1.54, 1.807) is 12.2 Å². The average molecular weight is 516 g/mol. The largest absolute Gasteiger partial charge is 0.390 e. The summed E-state index contributed by atoms with van der Waals surface area (Å²) >= 11 is 0. The van der Waals surface area contributed by atoms with Crippen molar-refractivity contribution in [2.24, 2.45) is 28.6 Å². The summed E-state index contributed by atoms with van der Waals surface area (Å²) in [6, 6.07) is 0. The van der Waals surface area contributed by atoms with E-state index in [0.717, 1.165) is 31.3 Å². The van der Waals surface area contributed by atoms with Gasteiger partial charge in [0.25, 0.3) is 0 Å². The Bertz CT molecular complexity index is 1050.